The predicted molar refractivity (Wildman–Crippen MR) is 146 cm³/mol. The molecule has 0 saturated heterocycles. The van der Waals surface area contributed by atoms with Gasteiger partial charge in [-0.15, -0.1) is 0 Å². The van der Waals surface area contributed by atoms with E-state index in [1.807, 2.05) is 20.8 Å². The van der Waals surface area contributed by atoms with E-state index in [-0.39, 0.29) is 49.2 Å². The molecule has 0 spiro atoms. The van der Waals surface area contributed by atoms with Crippen molar-refractivity contribution >= 4 is 41.7 Å². The topological polar surface area (TPSA) is 151 Å². The van der Waals surface area contributed by atoms with E-state index in [1.54, 1.807) is 52.0 Å². The molecule has 0 fully saturated rings. The summed E-state index contributed by atoms with van der Waals surface area (Å²) in [4.78, 5) is 73.7. The highest BCUT2D eigenvalue weighted by molar-refractivity contribution is 5.97. The Morgan fingerprint density at radius 2 is 1.51 bits per heavy atom. The smallest absolute Gasteiger partial charge is 0.308 e. The van der Waals surface area contributed by atoms with Gasteiger partial charge >= 0.3 is 5.97 Å². The first kappa shape index (κ1) is 33.3. The number of amides is 5. The van der Waals surface area contributed by atoms with Crippen molar-refractivity contribution in [3.8, 4) is 0 Å². The van der Waals surface area contributed by atoms with Crippen LogP contribution in [0.3, 0.4) is 0 Å². The number of hydrogen-bond acceptors (Lipinski definition) is 7. The summed E-state index contributed by atoms with van der Waals surface area (Å²) in [5.41, 5.74) is 1.25. The molecule has 0 radical (unpaired) electrons. The monoisotopic (exact) mass is 546 g/mol. The molecule has 3 N–H and O–H groups in total. The third-order valence-corrected chi connectivity index (χ3v) is 6.18. The quantitative estimate of drug-likeness (QED) is 0.225. The molecule has 0 bridgehead atoms. The Morgan fingerprint density at radius 1 is 0.897 bits per heavy atom. The van der Waals surface area contributed by atoms with Crippen LogP contribution in [0.2, 0.25) is 0 Å². The van der Waals surface area contributed by atoms with Crippen LogP contribution in [0.5, 0.6) is 0 Å². The maximum atomic E-state index is 12.7. The number of ether oxygens (including phenoxy) is 1. The highest BCUT2D eigenvalue weighted by atomic mass is 16.5. The Balaban J connectivity index is 2.60. The number of carbonyl (C=O) groups excluding carboxylic acids is 6. The predicted octanol–water partition coefficient (Wildman–Crippen LogP) is 2.25. The van der Waals surface area contributed by atoms with E-state index in [1.165, 1.54) is 0 Å². The second-order valence-corrected chi connectivity index (χ2v) is 10.6. The molecular formula is C28H42N4O7. The minimum absolute atomic E-state index is 0.0377. The Labute approximate surface area is 230 Å². The lowest BCUT2D eigenvalue weighted by atomic mass is 9.94. The van der Waals surface area contributed by atoms with Gasteiger partial charge in [0.05, 0.1) is 12.5 Å². The van der Waals surface area contributed by atoms with Gasteiger partial charge in [-0.3, -0.25) is 33.7 Å². The number of nitrogens with zero attached hydrogens (tertiary/aromatic N) is 1. The first-order valence-corrected chi connectivity index (χ1v) is 13.1. The van der Waals surface area contributed by atoms with Gasteiger partial charge in [0.25, 0.3) is 0 Å². The second-order valence-electron chi connectivity index (χ2n) is 10.6. The van der Waals surface area contributed by atoms with Crippen LogP contribution in [0, 0.1) is 23.7 Å². The molecule has 1 aromatic rings. The number of rotatable bonds is 15. The third kappa shape index (κ3) is 12.1. The summed E-state index contributed by atoms with van der Waals surface area (Å²) < 4.78 is 5.17. The molecule has 2 unspecified atom stereocenters. The number of carbonyl (C=O) groups is 6. The van der Waals surface area contributed by atoms with Gasteiger partial charge in [-0.1, -0.05) is 60.6 Å². The standard InChI is InChI=1S/C28H42N4O7/c1-17(2)20(7)12-25(36)32(16-33)14-24(35)31-26(18(3)4)27(37)29-13-23(34)30-22-10-8-21(9-11-22)15-39-28(38)19(5)6/h8-11,16-20,26H,12-15H2,1-7H3,(H,29,37)(H,30,34)(H,31,35). The zero-order valence-electron chi connectivity index (χ0n) is 23.9. The highest BCUT2D eigenvalue weighted by Gasteiger charge is 2.27. The van der Waals surface area contributed by atoms with Gasteiger partial charge in [0.1, 0.15) is 19.2 Å². The fourth-order valence-electron chi connectivity index (χ4n) is 3.21. The number of hydrogen-bond donors (Lipinski definition) is 3. The molecule has 0 aliphatic carbocycles. The van der Waals surface area contributed by atoms with E-state index in [2.05, 4.69) is 16.0 Å². The summed E-state index contributed by atoms with van der Waals surface area (Å²) in [6, 6.07) is 5.75. The van der Waals surface area contributed by atoms with Crippen molar-refractivity contribution in [1.29, 1.82) is 0 Å². The summed E-state index contributed by atoms with van der Waals surface area (Å²) in [5.74, 6) is -2.75. The molecule has 0 aliphatic rings. The molecule has 1 rings (SSSR count). The van der Waals surface area contributed by atoms with E-state index in [9.17, 15) is 28.8 Å². The molecule has 11 nitrogen and oxygen atoms in total. The molecule has 5 amide bonds. The molecule has 2 atom stereocenters. The largest absolute Gasteiger partial charge is 0.461 e. The first-order valence-electron chi connectivity index (χ1n) is 13.1. The van der Waals surface area contributed by atoms with Gasteiger partial charge in [0, 0.05) is 12.1 Å². The zero-order chi connectivity index (χ0) is 29.7. The van der Waals surface area contributed by atoms with Crippen molar-refractivity contribution in [2.45, 2.75) is 67.5 Å². The summed E-state index contributed by atoms with van der Waals surface area (Å²) in [6.07, 6.45) is 0.440. The number of anilines is 1. The van der Waals surface area contributed by atoms with E-state index in [0.717, 1.165) is 10.5 Å². The van der Waals surface area contributed by atoms with Crippen molar-refractivity contribution in [3.05, 3.63) is 29.8 Å². The fourth-order valence-corrected chi connectivity index (χ4v) is 3.21. The molecule has 0 heterocycles. The van der Waals surface area contributed by atoms with Crippen LogP contribution in [-0.2, 0) is 40.1 Å². The summed E-state index contributed by atoms with van der Waals surface area (Å²) >= 11 is 0. The van der Waals surface area contributed by atoms with E-state index < -0.39 is 36.2 Å². The van der Waals surface area contributed by atoms with Gasteiger partial charge in [-0.05, 0) is 35.4 Å². The molecule has 0 aliphatic heterocycles. The van der Waals surface area contributed by atoms with Crippen molar-refractivity contribution in [2.24, 2.45) is 23.7 Å². The zero-order valence-corrected chi connectivity index (χ0v) is 23.9. The van der Waals surface area contributed by atoms with Crippen LogP contribution in [0.15, 0.2) is 24.3 Å². The average Bonchev–Trinajstić information content (AvgIpc) is 2.87. The van der Waals surface area contributed by atoms with Gasteiger partial charge < -0.3 is 20.7 Å². The summed E-state index contributed by atoms with van der Waals surface area (Å²) in [6.45, 7) is 12.0. The normalized spacial score (nSPS) is 12.5. The van der Waals surface area contributed by atoms with Crippen molar-refractivity contribution in [1.82, 2.24) is 15.5 Å². The average molecular weight is 547 g/mol. The van der Waals surface area contributed by atoms with Crippen molar-refractivity contribution in [3.63, 3.8) is 0 Å². The van der Waals surface area contributed by atoms with Gasteiger partial charge in [-0.25, -0.2) is 0 Å². The lowest BCUT2D eigenvalue weighted by Crippen LogP contribution is -2.53. The number of benzene rings is 1. The Hall–Kier alpha value is -3.76. The molecule has 0 aromatic heterocycles. The Kier molecular flexibility index (Phi) is 13.9. The van der Waals surface area contributed by atoms with Gasteiger partial charge in [0.2, 0.25) is 30.0 Å². The lowest BCUT2D eigenvalue weighted by molar-refractivity contribution is -0.148. The molecular weight excluding hydrogens is 504 g/mol. The van der Waals surface area contributed by atoms with Crippen molar-refractivity contribution in [2.75, 3.05) is 18.4 Å². The van der Waals surface area contributed by atoms with Crippen molar-refractivity contribution < 1.29 is 33.5 Å². The fraction of sp³-hybridized carbons (Fsp3) is 0.571. The van der Waals surface area contributed by atoms with Crippen LogP contribution < -0.4 is 16.0 Å². The minimum atomic E-state index is -0.976. The molecule has 0 saturated carbocycles. The molecule has 216 valence electrons. The first-order chi connectivity index (χ1) is 18.2. The van der Waals surface area contributed by atoms with Gasteiger partial charge in [0.15, 0.2) is 0 Å². The van der Waals surface area contributed by atoms with E-state index in [4.69, 9.17) is 4.74 Å². The molecule has 39 heavy (non-hydrogen) atoms. The maximum absolute atomic E-state index is 12.7. The van der Waals surface area contributed by atoms with Crippen LogP contribution in [0.25, 0.3) is 0 Å². The maximum Gasteiger partial charge on any atom is 0.308 e. The highest BCUT2D eigenvalue weighted by Crippen LogP contribution is 2.15. The summed E-state index contributed by atoms with van der Waals surface area (Å²) in [7, 11) is 0. The number of esters is 1. The van der Waals surface area contributed by atoms with Crippen LogP contribution in [-0.4, -0.2) is 60.0 Å². The number of imide groups is 1. The Bertz CT molecular complexity index is 1010. The van der Waals surface area contributed by atoms with E-state index in [0.29, 0.717) is 12.1 Å². The van der Waals surface area contributed by atoms with Crippen LogP contribution >= 0.6 is 0 Å². The second kappa shape index (κ2) is 16.3. The SMILES string of the molecule is CC(C)C(=O)OCc1ccc(NC(=O)CNC(=O)C(NC(=O)CN(C=O)C(=O)CC(C)C(C)C)C(C)C)cc1. The summed E-state index contributed by atoms with van der Waals surface area (Å²) in [5, 5.41) is 7.70. The van der Waals surface area contributed by atoms with Gasteiger partial charge in [-0.2, -0.15) is 0 Å². The Morgan fingerprint density at radius 3 is 2.03 bits per heavy atom. The van der Waals surface area contributed by atoms with Crippen LogP contribution in [0.1, 0.15) is 60.5 Å². The molecule has 11 heteroatoms. The van der Waals surface area contributed by atoms with E-state index >= 15 is 0 Å². The minimum Gasteiger partial charge on any atom is -0.461 e. The number of nitrogens with one attached hydrogen (secondary N) is 3. The lowest BCUT2D eigenvalue weighted by Gasteiger charge is -2.24. The van der Waals surface area contributed by atoms with Crippen LogP contribution in [0.4, 0.5) is 5.69 Å². The molecule has 1 aromatic carbocycles. The third-order valence-electron chi connectivity index (χ3n) is 6.18.